The predicted molar refractivity (Wildman–Crippen MR) is 111 cm³/mol. The van der Waals surface area contributed by atoms with Crippen molar-refractivity contribution in [1.82, 2.24) is 14.9 Å². The number of nitrogens with one attached hydrogen (secondary N) is 2. The Hall–Kier alpha value is -3.73. The quantitative estimate of drug-likeness (QED) is 0.438. The van der Waals surface area contributed by atoms with E-state index >= 15 is 0 Å². The van der Waals surface area contributed by atoms with E-state index in [0.717, 1.165) is 6.26 Å². The van der Waals surface area contributed by atoms with Gasteiger partial charge in [-0.25, -0.2) is 13.4 Å². The molecule has 0 aliphatic rings. The molecule has 1 heterocycles. The van der Waals surface area contributed by atoms with Gasteiger partial charge in [-0.3, -0.25) is 19.6 Å². The number of nitro benzene ring substituents is 1. The summed E-state index contributed by atoms with van der Waals surface area (Å²) in [5.74, 6) is -0.531. The normalized spacial score (nSPS) is 12.2. The van der Waals surface area contributed by atoms with Crippen molar-refractivity contribution in [2.45, 2.75) is 13.0 Å². The Balaban J connectivity index is 1.86. The Morgan fingerprint density at radius 1 is 1.23 bits per heavy atom. The van der Waals surface area contributed by atoms with Gasteiger partial charge in [-0.2, -0.15) is 0 Å². The van der Waals surface area contributed by atoms with Crippen LogP contribution in [-0.4, -0.2) is 35.1 Å². The molecule has 0 aliphatic heterocycles. The van der Waals surface area contributed by atoms with Crippen molar-refractivity contribution in [1.29, 1.82) is 0 Å². The van der Waals surface area contributed by atoms with Crippen LogP contribution in [0.4, 0.5) is 11.4 Å². The van der Waals surface area contributed by atoms with E-state index in [1.807, 2.05) is 0 Å². The monoisotopic (exact) mass is 429 g/mol. The van der Waals surface area contributed by atoms with E-state index in [2.05, 4.69) is 15.0 Å². The summed E-state index contributed by atoms with van der Waals surface area (Å²) in [4.78, 5) is 27.5. The Kier molecular flexibility index (Phi) is 5.83. The molecule has 0 fully saturated rings. The zero-order valence-corrected chi connectivity index (χ0v) is 17.0. The van der Waals surface area contributed by atoms with Crippen LogP contribution in [0.1, 0.15) is 28.9 Å². The van der Waals surface area contributed by atoms with Crippen LogP contribution in [0, 0.1) is 10.1 Å². The van der Waals surface area contributed by atoms with E-state index in [-0.39, 0.29) is 16.9 Å². The number of anilines is 1. The van der Waals surface area contributed by atoms with Crippen LogP contribution in [0.3, 0.4) is 0 Å². The highest BCUT2D eigenvalue weighted by atomic mass is 32.2. The Labute approximate surface area is 172 Å². The summed E-state index contributed by atoms with van der Waals surface area (Å²) in [5.41, 5.74) is 1.04. The zero-order chi connectivity index (χ0) is 21.9. The number of aromatic nitrogens is 2. The molecule has 0 aliphatic carbocycles. The lowest BCUT2D eigenvalue weighted by molar-refractivity contribution is -0.384. The van der Waals surface area contributed by atoms with Crippen molar-refractivity contribution in [3.63, 3.8) is 0 Å². The lowest BCUT2D eigenvalue weighted by atomic mass is 10.1. The van der Waals surface area contributed by atoms with Crippen LogP contribution in [-0.2, 0) is 10.0 Å². The highest BCUT2D eigenvalue weighted by molar-refractivity contribution is 7.92. The van der Waals surface area contributed by atoms with Gasteiger partial charge in [0.05, 0.1) is 29.2 Å². The summed E-state index contributed by atoms with van der Waals surface area (Å²) >= 11 is 0. The maximum atomic E-state index is 12.7. The van der Waals surface area contributed by atoms with Crippen molar-refractivity contribution >= 4 is 27.3 Å². The van der Waals surface area contributed by atoms with E-state index in [0.29, 0.717) is 11.3 Å². The molecule has 0 radical (unpaired) electrons. The molecule has 0 saturated heterocycles. The first-order valence-corrected chi connectivity index (χ1v) is 10.7. The molecule has 30 heavy (non-hydrogen) atoms. The van der Waals surface area contributed by atoms with Gasteiger partial charge in [0.2, 0.25) is 10.0 Å². The second-order valence-electron chi connectivity index (χ2n) is 6.59. The fourth-order valence-electron chi connectivity index (χ4n) is 2.96. The van der Waals surface area contributed by atoms with Crippen LogP contribution in [0.5, 0.6) is 0 Å². The third-order valence-electron chi connectivity index (χ3n) is 4.29. The van der Waals surface area contributed by atoms with Crippen molar-refractivity contribution in [2.75, 3.05) is 11.0 Å². The lowest BCUT2D eigenvalue weighted by Crippen LogP contribution is -2.27. The number of hydrogen-bond donors (Lipinski definition) is 2. The van der Waals surface area contributed by atoms with Crippen molar-refractivity contribution in [2.24, 2.45) is 0 Å². The minimum Gasteiger partial charge on any atom is -0.345 e. The van der Waals surface area contributed by atoms with Gasteiger partial charge in [0.15, 0.2) is 0 Å². The van der Waals surface area contributed by atoms with E-state index in [4.69, 9.17) is 0 Å². The molecule has 1 aromatic heterocycles. The molecule has 11 heteroatoms. The highest BCUT2D eigenvalue weighted by Crippen LogP contribution is 2.26. The van der Waals surface area contributed by atoms with Crippen molar-refractivity contribution in [3.8, 4) is 5.69 Å². The van der Waals surface area contributed by atoms with E-state index in [9.17, 15) is 23.3 Å². The third-order valence-corrected chi connectivity index (χ3v) is 4.88. The maximum Gasteiger partial charge on any atom is 0.294 e. The molecule has 1 atom stereocenters. The summed E-state index contributed by atoms with van der Waals surface area (Å²) in [7, 11) is -3.50. The van der Waals surface area contributed by atoms with Crippen LogP contribution < -0.4 is 10.0 Å². The minimum atomic E-state index is -3.50. The SMILES string of the molecule is CC(NC(=O)c1ccc(-n2ccnc2)c([N+](=O)[O-])c1)c1ccccc1NS(C)(=O)=O. The number of benzene rings is 2. The Morgan fingerprint density at radius 2 is 1.97 bits per heavy atom. The number of imidazole rings is 1. The summed E-state index contributed by atoms with van der Waals surface area (Å²) in [6.07, 6.45) is 5.52. The highest BCUT2D eigenvalue weighted by Gasteiger charge is 2.21. The Morgan fingerprint density at radius 3 is 2.60 bits per heavy atom. The minimum absolute atomic E-state index is 0.103. The number of para-hydroxylation sites is 1. The first-order chi connectivity index (χ1) is 14.2. The van der Waals surface area contributed by atoms with Gasteiger partial charge < -0.3 is 9.88 Å². The smallest absolute Gasteiger partial charge is 0.294 e. The van der Waals surface area contributed by atoms with Crippen LogP contribution in [0.2, 0.25) is 0 Å². The van der Waals surface area contributed by atoms with Gasteiger partial charge in [0, 0.05) is 24.0 Å². The Bertz CT molecular complexity index is 1190. The molecule has 3 aromatic rings. The molecule has 156 valence electrons. The molecule has 1 amide bonds. The number of nitro groups is 1. The fraction of sp³-hybridized carbons (Fsp3) is 0.158. The summed E-state index contributed by atoms with van der Waals surface area (Å²) in [6.45, 7) is 1.69. The molecule has 0 bridgehead atoms. The topological polar surface area (TPSA) is 136 Å². The van der Waals surface area contributed by atoms with Gasteiger partial charge >= 0.3 is 0 Å². The molecular weight excluding hydrogens is 410 g/mol. The fourth-order valence-corrected chi connectivity index (χ4v) is 3.54. The lowest BCUT2D eigenvalue weighted by Gasteiger charge is -2.18. The maximum absolute atomic E-state index is 12.7. The van der Waals surface area contributed by atoms with E-state index < -0.39 is 26.9 Å². The standard InChI is InChI=1S/C19H19N5O5S/c1-13(15-5-3-4-6-16(15)22-30(2,28)29)21-19(25)14-7-8-17(18(11-14)24(26)27)23-10-9-20-12-23/h3-13,22H,1-2H3,(H,21,25). The number of carbonyl (C=O) groups excluding carboxylic acids is 1. The summed E-state index contributed by atoms with van der Waals surface area (Å²) in [6, 6.07) is 10.2. The number of sulfonamides is 1. The molecule has 2 N–H and O–H groups in total. The van der Waals surface area contributed by atoms with Gasteiger partial charge in [0.25, 0.3) is 11.6 Å². The van der Waals surface area contributed by atoms with Crippen molar-refractivity contribution < 1.29 is 18.1 Å². The number of nitrogens with zero attached hydrogens (tertiary/aromatic N) is 3. The first kappa shape index (κ1) is 21.0. The van der Waals surface area contributed by atoms with Crippen LogP contribution >= 0.6 is 0 Å². The van der Waals surface area contributed by atoms with Crippen LogP contribution in [0.25, 0.3) is 5.69 Å². The molecular formula is C19H19N5O5S. The molecule has 3 rings (SSSR count). The van der Waals surface area contributed by atoms with Crippen LogP contribution in [0.15, 0.2) is 61.2 Å². The first-order valence-electron chi connectivity index (χ1n) is 8.80. The zero-order valence-electron chi connectivity index (χ0n) is 16.1. The van der Waals surface area contributed by atoms with E-state index in [1.165, 1.54) is 35.3 Å². The number of rotatable bonds is 7. The molecule has 2 aromatic carbocycles. The van der Waals surface area contributed by atoms with Gasteiger partial charge in [-0.05, 0) is 30.7 Å². The van der Waals surface area contributed by atoms with Gasteiger partial charge in [-0.1, -0.05) is 18.2 Å². The number of hydrogen-bond acceptors (Lipinski definition) is 6. The van der Waals surface area contributed by atoms with Gasteiger partial charge in [0.1, 0.15) is 5.69 Å². The molecule has 10 nitrogen and oxygen atoms in total. The number of carbonyl (C=O) groups is 1. The second kappa shape index (κ2) is 8.33. The largest absolute Gasteiger partial charge is 0.345 e. The average Bonchev–Trinajstić information content (AvgIpc) is 3.21. The molecule has 1 unspecified atom stereocenters. The molecule has 0 saturated carbocycles. The second-order valence-corrected chi connectivity index (χ2v) is 8.34. The average molecular weight is 429 g/mol. The van der Waals surface area contributed by atoms with Crippen molar-refractivity contribution in [3.05, 3.63) is 82.4 Å². The molecule has 0 spiro atoms. The predicted octanol–water partition coefficient (Wildman–Crippen LogP) is 2.64. The summed E-state index contributed by atoms with van der Waals surface area (Å²) in [5, 5.41) is 14.2. The van der Waals surface area contributed by atoms with Gasteiger partial charge in [-0.15, -0.1) is 0 Å². The summed E-state index contributed by atoms with van der Waals surface area (Å²) < 4.78 is 27.1. The van der Waals surface area contributed by atoms with E-state index in [1.54, 1.807) is 37.4 Å². The number of amides is 1. The third kappa shape index (κ3) is 4.81.